The van der Waals surface area contributed by atoms with Crippen molar-refractivity contribution < 1.29 is 28.5 Å². The molecule has 0 spiro atoms. The monoisotopic (exact) mass is 398 g/mol. The van der Waals surface area contributed by atoms with Crippen LogP contribution in [0.4, 0.5) is 5.69 Å². The number of likely N-dealkylation sites (N-methyl/N-ethyl adjacent to an activating group) is 1. The van der Waals surface area contributed by atoms with Gasteiger partial charge in [-0.25, -0.2) is 0 Å². The zero-order valence-corrected chi connectivity index (χ0v) is 16.1. The predicted octanol–water partition coefficient (Wildman–Crippen LogP) is 2.33. The van der Waals surface area contributed by atoms with E-state index in [1.54, 1.807) is 36.4 Å². The third kappa shape index (κ3) is 4.21. The van der Waals surface area contributed by atoms with Crippen molar-refractivity contribution in [2.24, 2.45) is 0 Å². The number of carbonyl (C=O) groups is 2. The number of nitrogens with zero attached hydrogens (tertiary/aromatic N) is 1. The molecule has 2 aromatic rings. The molecule has 8 nitrogen and oxygen atoms in total. The fourth-order valence-corrected chi connectivity index (χ4v) is 3.18. The minimum Gasteiger partial charge on any atom is -0.486 e. The topological polar surface area (TPSA) is 86.3 Å². The molecule has 0 unspecified atom stereocenters. The van der Waals surface area contributed by atoms with Gasteiger partial charge in [0, 0.05) is 23.9 Å². The molecule has 1 N–H and O–H groups in total. The van der Waals surface area contributed by atoms with Crippen LogP contribution >= 0.6 is 0 Å². The van der Waals surface area contributed by atoms with Crippen molar-refractivity contribution in [1.82, 2.24) is 4.90 Å². The summed E-state index contributed by atoms with van der Waals surface area (Å²) in [5.74, 6) is 1.86. The fourth-order valence-electron chi connectivity index (χ4n) is 3.18. The van der Waals surface area contributed by atoms with Crippen LogP contribution in [0.3, 0.4) is 0 Å². The average molecular weight is 398 g/mol. The first-order valence-corrected chi connectivity index (χ1v) is 9.52. The van der Waals surface area contributed by atoms with E-state index in [1.165, 1.54) is 4.90 Å². The predicted molar refractivity (Wildman–Crippen MR) is 105 cm³/mol. The minimum atomic E-state index is -0.297. The Morgan fingerprint density at radius 3 is 2.10 bits per heavy atom. The van der Waals surface area contributed by atoms with Gasteiger partial charge in [0.05, 0.1) is 0 Å². The smallest absolute Gasteiger partial charge is 0.254 e. The SMILES string of the molecule is CCN(CC(=O)Nc1ccc2c(c1)OCCO2)C(=O)c1ccc2c(c1)OCCO2. The van der Waals surface area contributed by atoms with Crippen molar-refractivity contribution in [3.63, 3.8) is 0 Å². The van der Waals surface area contributed by atoms with Gasteiger partial charge in [0.25, 0.3) is 5.91 Å². The Labute approximate surface area is 168 Å². The Kier molecular flexibility index (Phi) is 5.41. The van der Waals surface area contributed by atoms with Crippen LogP contribution in [0.5, 0.6) is 23.0 Å². The van der Waals surface area contributed by atoms with Crippen LogP contribution in [0.2, 0.25) is 0 Å². The van der Waals surface area contributed by atoms with E-state index >= 15 is 0 Å². The molecule has 0 atom stereocenters. The zero-order chi connectivity index (χ0) is 20.2. The number of fused-ring (bicyclic) bond motifs is 2. The summed E-state index contributed by atoms with van der Waals surface area (Å²) in [6.45, 7) is 4.05. The van der Waals surface area contributed by atoms with E-state index in [0.717, 1.165) is 0 Å². The fraction of sp³-hybridized carbons (Fsp3) is 0.333. The Morgan fingerprint density at radius 2 is 1.45 bits per heavy atom. The zero-order valence-electron chi connectivity index (χ0n) is 16.1. The van der Waals surface area contributed by atoms with Crippen LogP contribution in [-0.4, -0.2) is 56.2 Å². The van der Waals surface area contributed by atoms with Crippen molar-refractivity contribution in [3.05, 3.63) is 42.0 Å². The van der Waals surface area contributed by atoms with Gasteiger partial charge < -0.3 is 29.2 Å². The van der Waals surface area contributed by atoms with E-state index in [0.29, 0.717) is 67.2 Å². The summed E-state index contributed by atoms with van der Waals surface area (Å²) in [5, 5.41) is 2.80. The maximum absolute atomic E-state index is 12.9. The molecule has 152 valence electrons. The highest BCUT2D eigenvalue weighted by Crippen LogP contribution is 2.33. The molecule has 2 aliphatic heterocycles. The van der Waals surface area contributed by atoms with Gasteiger partial charge in [0.2, 0.25) is 5.91 Å². The maximum atomic E-state index is 12.9. The van der Waals surface area contributed by atoms with Crippen molar-refractivity contribution in [3.8, 4) is 23.0 Å². The number of amides is 2. The lowest BCUT2D eigenvalue weighted by molar-refractivity contribution is -0.116. The summed E-state index contributed by atoms with van der Waals surface area (Å²) >= 11 is 0. The molecule has 29 heavy (non-hydrogen) atoms. The Bertz CT molecular complexity index is 929. The second-order valence-electron chi connectivity index (χ2n) is 6.58. The minimum absolute atomic E-state index is 0.0712. The van der Waals surface area contributed by atoms with Gasteiger partial charge in [0.1, 0.15) is 33.0 Å². The van der Waals surface area contributed by atoms with E-state index < -0.39 is 0 Å². The highest BCUT2D eigenvalue weighted by molar-refractivity contribution is 5.99. The third-order valence-electron chi connectivity index (χ3n) is 4.62. The summed E-state index contributed by atoms with van der Waals surface area (Å²) in [7, 11) is 0. The second-order valence-corrected chi connectivity index (χ2v) is 6.58. The van der Waals surface area contributed by atoms with Crippen molar-refractivity contribution in [1.29, 1.82) is 0 Å². The van der Waals surface area contributed by atoms with Crippen molar-refractivity contribution >= 4 is 17.5 Å². The van der Waals surface area contributed by atoms with E-state index in [2.05, 4.69) is 5.32 Å². The third-order valence-corrected chi connectivity index (χ3v) is 4.62. The molecule has 0 saturated heterocycles. The lowest BCUT2D eigenvalue weighted by Gasteiger charge is -2.23. The first-order valence-electron chi connectivity index (χ1n) is 9.52. The molecular formula is C21H22N2O6. The molecule has 0 aromatic heterocycles. The summed E-state index contributed by atoms with van der Waals surface area (Å²) in [6.07, 6.45) is 0. The summed E-state index contributed by atoms with van der Waals surface area (Å²) in [5.41, 5.74) is 1.03. The van der Waals surface area contributed by atoms with Crippen LogP contribution in [0.1, 0.15) is 17.3 Å². The molecule has 0 fully saturated rings. The van der Waals surface area contributed by atoms with Crippen LogP contribution < -0.4 is 24.3 Å². The lowest BCUT2D eigenvalue weighted by atomic mass is 10.1. The molecule has 2 aromatic carbocycles. The van der Waals surface area contributed by atoms with Gasteiger partial charge in [-0.2, -0.15) is 0 Å². The highest BCUT2D eigenvalue weighted by Gasteiger charge is 2.21. The molecule has 0 bridgehead atoms. The van der Waals surface area contributed by atoms with Crippen LogP contribution in [-0.2, 0) is 4.79 Å². The van der Waals surface area contributed by atoms with E-state index in [9.17, 15) is 9.59 Å². The van der Waals surface area contributed by atoms with Gasteiger partial charge >= 0.3 is 0 Å². The summed E-state index contributed by atoms with van der Waals surface area (Å²) in [4.78, 5) is 26.8. The van der Waals surface area contributed by atoms with Crippen molar-refractivity contribution in [2.45, 2.75) is 6.92 Å². The largest absolute Gasteiger partial charge is 0.486 e. The number of ether oxygens (including phenoxy) is 4. The van der Waals surface area contributed by atoms with Gasteiger partial charge in [-0.1, -0.05) is 0 Å². The summed E-state index contributed by atoms with van der Waals surface area (Å²) in [6, 6.07) is 10.2. The molecule has 0 saturated carbocycles. The Morgan fingerprint density at radius 1 is 0.862 bits per heavy atom. The standard InChI is InChI=1S/C21H22N2O6/c1-2-23(21(25)14-3-5-16-18(11-14)28-9-7-26-16)13-20(24)22-15-4-6-17-19(12-15)29-10-8-27-17/h3-6,11-12H,2,7-10,13H2,1H3,(H,22,24). The number of hydrogen-bond donors (Lipinski definition) is 1. The van der Waals surface area contributed by atoms with Gasteiger partial charge in [-0.3, -0.25) is 9.59 Å². The molecule has 0 radical (unpaired) electrons. The highest BCUT2D eigenvalue weighted by atomic mass is 16.6. The van der Waals surface area contributed by atoms with Crippen molar-refractivity contribution in [2.75, 3.05) is 44.8 Å². The number of carbonyl (C=O) groups excluding carboxylic acids is 2. The number of hydrogen-bond acceptors (Lipinski definition) is 6. The van der Waals surface area contributed by atoms with E-state index in [1.807, 2.05) is 6.92 Å². The van der Waals surface area contributed by atoms with Gasteiger partial charge in [-0.05, 0) is 37.3 Å². The first kappa shape index (κ1) is 18.9. The molecule has 8 heteroatoms. The van der Waals surface area contributed by atoms with Gasteiger partial charge in [-0.15, -0.1) is 0 Å². The number of anilines is 1. The Balaban J connectivity index is 1.41. The molecule has 0 aliphatic carbocycles. The number of rotatable bonds is 5. The molecule has 2 aliphatic rings. The molecule has 4 rings (SSSR count). The quantitative estimate of drug-likeness (QED) is 0.832. The first-order chi connectivity index (χ1) is 14.1. The summed E-state index contributed by atoms with van der Waals surface area (Å²) < 4.78 is 22.0. The molecular weight excluding hydrogens is 376 g/mol. The normalized spacial score (nSPS) is 14.1. The van der Waals surface area contributed by atoms with Crippen LogP contribution in [0.15, 0.2) is 36.4 Å². The van der Waals surface area contributed by atoms with Crippen LogP contribution in [0.25, 0.3) is 0 Å². The van der Waals surface area contributed by atoms with E-state index in [4.69, 9.17) is 18.9 Å². The second kappa shape index (κ2) is 8.30. The lowest BCUT2D eigenvalue weighted by Crippen LogP contribution is -2.38. The van der Waals surface area contributed by atoms with Crippen LogP contribution in [0, 0.1) is 0 Å². The van der Waals surface area contributed by atoms with E-state index in [-0.39, 0.29) is 18.4 Å². The van der Waals surface area contributed by atoms with Gasteiger partial charge in [0.15, 0.2) is 23.0 Å². The number of benzene rings is 2. The maximum Gasteiger partial charge on any atom is 0.254 e. The molecule has 2 heterocycles. The average Bonchev–Trinajstić information content (AvgIpc) is 2.76. The Hall–Kier alpha value is -3.42. The number of nitrogens with one attached hydrogen (secondary N) is 1. The molecule has 2 amide bonds.